The molecule has 1 fully saturated rings. The average molecular weight is 409 g/mol. The molecule has 3 heterocycles. The molecule has 0 aliphatic carbocycles. The van der Waals surface area contributed by atoms with Gasteiger partial charge in [0.05, 0.1) is 16.7 Å². The van der Waals surface area contributed by atoms with Crippen molar-refractivity contribution in [2.75, 3.05) is 6.54 Å². The summed E-state index contributed by atoms with van der Waals surface area (Å²) in [6.45, 7) is 6.30. The second-order valence-corrected chi connectivity index (χ2v) is 8.68. The van der Waals surface area contributed by atoms with E-state index in [9.17, 15) is 9.59 Å². The van der Waals surface area contributed by atoms with E-state index in [1.807, 2.05) is 56.0 Å². The molecule has 3 aromatic rings. The third kappa shape index (κ3) is 3.87. The van der Waals surface area contributed by atoms with Gasteiger partial charge in [-0.3, -0.25) is 9.59 Å². The lowest BCUT2D eigenvalue weighted by Crippen LogP contribution is -2.33. The maximum atomic E-state index is 13.1. The van der Waals surface area contributed by atoms with Crippen molar-refractivity contribution in [2.45, 2.75) is 46.1 Å². The number of carbonyl (C=O) groups is 1. The van der Waals surface area contributed by atoms with Gasteiger partial charge in [-0.05, 0) is 39.2 Å². The quantitative estimate of drug-likeness (QED) is 0.714. The molecular formula is C22H24N4O2S. The highest BCUT2D eigenvalue weighted by molar-refractivity contribution is 7.13. The number of nitrogens with one attached hydrogen (secondary N) is 1. The number of thiazole rings is 1. The van der Waals surface area contributed by atoms with Gasteiger partial charge in [0.1, 0.15) is 10.7 Å². The largest absolute Gasteiger partial charge is 0.328 e. The van der Waals surface area contributed by atoms with Gasteiger partial charge in [0.2, 0.25) is 0 Å². The predicted octanol–water partition coefficient (Wildman–Crippen LogP) is 3.72. The van der Waals surface area contributed by atoms with Crippen molar-refractivity contribution >= 4 is 17.2 Å². The number of carbonyl (C=O) groups excluding carboxylic acids is 1. The molecule has 0 saturated carbocycles. The zero-order valence-corrected chi connectivity index (χ0v) is 17.7. The summed E-state index contributed by atoms with van der Waals surface area (Å²) in [5, 5.41) is 0.884. The predicted molar refractivity (Wildman–Crippen MR) is 113 cm³/mol. The molecule has 0 radical (unpaired) electrons. The molecule has 2 aromatic heterocycles. The van der Waals surface area contributed by atoms with Crippen LogP contribution in [0.3, 0.4) is 0 Å². The molecule has 150 valence electrons. The van der Waals surface area contributed by atoms with E-state index in [1.54, 1.807) is 0 Å². The number of nitrogens with zero attached hydrogens (tertiary/aromatic N) is 3. The summed E-state index contributed by atoms with van der Waals surface area (Å²) in [4.78, 5) is 40.5. The van der Waals surface area contributed by atoms with Crippen LogP contribution in [0.5, 0.6) is 0 Å². The number of hydrogen-bond acceptors (Lipinski definition) is 5. The maximum absolute atomic E-state index is 13.1. The van der Waals surface area contributed by atoms with E-state index in [0.717, 1.165) is 34.8 Å². The van der Waals surface area contributed by atoms with Crippen molar-refractivity contribution in [1.29, 1.82) is 0 Å². The molecule has 1 atom stereocenters. The molecule has 1 amide bonds. The molecule has 1 aliphatic rings. The molecule has 6 nitrogen and oxygen atoms in total. The first-order chi connectivity index (χ1) is 13.9. The lowest BCUT2D eigenvalue weighted by molar-refractivity contribution is 0.0733. The van der Waals surface area contributed by atoms with Crippen molar-refractivity contribution < 1.29 is 4.79 Å². The molecule has 1 saturated heterocycles. The molecule has 0 spiro atoms. The Bertz CT molecular complexity index is 1100. The monoisotopic (exact) mass is 408 g/mol. The molecule has 1 aliphatic heterocycles. The Morgan fingerprint density at radius 2 is 1.93 bits per heavy atom. The Morgan fingerprint density at radius 3 is 2.59 bits per heavy atom. The summed E-state index contributed by atoms with van der Waals surface area (Å²) >= 11 is 1.42. The van der Waals surface area contributed by atoms with E-state index in [1.165, 1.54) is 11.3 Å². The Kier molecular flexibility index (Phi) is 5.32. The van der Waals surface area contributed by atoms with Gasteiger partial charge in [0.15, 0.2) is 0 Å². The summed E-state index contributed by atoms with van der Waals surface area (Å²) in [5.41, 5.74) is 3.10. The van der Waals surface area contributed by atoms with Gasteiger partial charge in [-0.2, -0.15) is 0 Å². The topological polar surface area (TPSA) is 79.0 Å². The number of likely N-dealkylation sites (tertiary alicyclic amines) is 1. The van der Waals surface area contributed by atoms with Crippen LogP contribution in [-0.2, 0) is 6.42 Å². The van der Waals surface area contributed by atoms with Crippen LogP contribution < -0.4 is 5.56 Å². The highest BCUT2D eigenvalue weighted by Crippen LogP contribution is 2.33. The lowest BCUT2D eigenvalue weighted by Gasteiger charge is -2.24. The number of amides is 1. The van der Waals surface area contributed by atoms with Gasteiger partial charge >= 0.3 is 0 Å². The van der Waals surface area contributed by atoms with Crippen LogP contribution >= 0.6 is 11.3 Å². The number of aromatic nitrogens is 3. The van der Waals surface area contributed by atoms with Crippen molar-refractivity contribution in [3.63, 3.8) is 0 Å². The summed E-state index contributed by atoms with van der Waals surface area (Å²) < 4.78 is 0. The SMILES string of the molecule is Cc1nc(C)c(C(=O)N2CCCC2c2nc(C)c(Cc3ccccc3)c(=O)[nH]2)s1. The first-order valence-electron chi connectivity index (χ1n) is 9.82. The van der Waals surface area contributed by atoms with E-state index in [-0.39, 0.29) is 17.5 Å². The Morgan fingerprint density at radius 1 is 1.17 bits per heavy atom. The van der Waals surface area contributed by atoms with Crippen LogP contribution in [-0.4, -0.2) is 32.3 Å². The van der Waals surface area contributed by atoms with Gasteiger partial charge in [-0.1, -0.05) is 30.3 Å². The molecular weight excluding hydrogens is 384 g/mol. The van der Waals surface area contributed by atoms with E-state index >= 15 is 0 Å². The van der Waals surface area contributed by atoms with Gasteiger partial charge in [-0.25, -0.2) is 9.97 Å². The number of rotatable bonds is 4. The van der Waals surface area contributed by atoms with Crippen molar-refractivity contribution in [3.05, 3.63) is 78.9 Å². The number of hydrogen-bond donors (Lipinski definition) is 1. The molecule has 29 heavy (non-hydrogen) atoms. The molecule has 7 heteroatoms. The number of aryl methyl sites for hydroxylation is 3. The van der Waals surface area contributed by atoms with Crippen LogP contribution in [0.15, 0.2) is 35.1 Å². The minimum Gasteiger partial charge on any atom is -0.328 e. The Hall–Kier alpha value is -2.80. The normalized spacial score (nSPS) is 16.4. The molecule has 4 rings (SSSR count). The minimum atomic E-state index is -0.207. The highest BCUT2D eigenvalue weighted by atomic mass is 32.1. The van der Waals surface area contributed by atoms with E-state index in [2.05, 4.69) is 9.97 Å². The smallest absolute Gasteiger partial charge is 0.266 e. The van der Waals surface area contributed by atoms with Crippen LogP contribution in [0.2, 0.25) is 0 Å². The van der Waals surface area contributed by atoms with Crippen molar-refractivity contribution in [3.8, 4) is 0 Å². The van der Waals surface area contributed by atoms with Gasteiger partial charge in [0.25, 0.3) is 11.5 Å². The standard InChI is InChI=1S/C22H24N4O2S/c1-13-17(12-16-8-5-4-6-9-16)21(27)25-20(24-13)18-10-7-11-26(18)22(28)19-14(2)23-15(3)29-19/h4-6,8-9,18H,7,10-12H2,1-3H3,(H,24,25,27). The van der Waals surface area contributed by atoms with Crippen LogP contribution in [0, 0.1) is 20.8 Å². The van der Waals surface area contributed by atoms with E-state index < -0.39 is 0 Å². The second kappa shape index (κ2) is 7.91. The number of H-pyrrole nitrogens is 1. The molecule has 1 aromatic carbocycles. The fourth-order valence-corrected chi connectivity index (χ4v) is 4.83. The van der Waals surface area contributed by atoms with Crippen molar-refractivity contribution in [1.82, 2.24) is 19.9 Å². The zero-order chi connectivity index (χ0) is 20.5. The summed E-state index contributed by atoms with van der Waals surface area (Å²) in [6.07, 6.45) is 2.23. The lowest BCUT2D eigenvalue weighted by atomic mass is 10.0. The average Bonchev–Trinajstić information content (AvgIpc) is 3.31. The first kappa shape index (κ1) is 19.5. The summed E-state index contributed by atoms with van der Waals surface area (Å²) in [7, 11) is 0. The third-order valence-corrected chi connectivity index (χ3v) is 6.45. The minimum absolute atomic E-state index is 0.0238. The van der Waals surface area contributed by atoms with Crippen LogP contribution in [0.25, 0.3) is 0 Å². The maximum Gasteiger partial charge on any atom is 0.266 e. The van der Waals surface area contributed by atoms with Gasteiger partial charge in [0, 0.05) is 24.2 Å². The second-order valence-electron chi connectivity index (χ2n) is 7.48. The molecule has 1 N–H and O–H groups in total. The summed E-state index contributed by atoms with van der Waals surface area (Å²) in [6, 6.07) is 9.69. The Labute approximate surface area is 173 Å². The van der Waals surface area contributed by atoms with Crippen LogP contribution in [0.4, 0.5) is 0 Å². The fourth-order valence-electron chi connectivity index (χ4n) is 3.95. The van der Waals surface area contributed by atoms with Crippen molar-refractivity contribution in [2.24, 2.45) is 0 Å². The number of aromatic amines is 1. The van der Waals surface area contributed by atoms with E-state index in [0.29, 0.717) is 29.2 Å². The van der Waals surface area contributed by atoms with Gasteiger partial charge in [-0.15, -0.1) is 11.3 Å². The highest BCUT2D eigenvalue weighted by Gasteiger charge is 2.34. The van der Waals surface area contributed by atoms with Gasteiger partial charge < -0.3 is 9.88 Å². The fraction of sp³-hybridized carbons (Fsp3) is 0.364. The van der Waals surface area contributed by atoms with Crippen LogP contribution in [0.1, 0.15) is 61.9 Å². The zero-order valence-electron chi connectivity index (χ0n) is 16.9. The molecule has 0 bridgehead atoms. The Balaban J connectivity index is 1.63. The first-order valence-corrected chi connectivity index (χ1v) is 10.6. The molecule has 1 unspecified atom stereocenters. The third-order valence-electron chi connectivity index (χ3n) is 5.39. The number of benzene rings is 1. The van der Waals surface area contributed by atoms with E-state index in [4.69, 9.17) is 4.98 Å². The summed E-state index contributed by atoms with van der Waals surface area (Å²) in [5.74, 6) is 0.554.